The topological polar surface area (TPSA) is 38.5 Å². The molecule has 0 aromatic carbocycles. The van der Waals surface area contributed by atoms with E-state index in [0.717, 1.165) is 6.42 Å². The number of hydrogen-bond donors (Lipinski definition) is 1. The first kappa shape index (κ1) is 15.3. The summed E-state index contributed by atoms with van der Waals surface area (Å²) in [5.41, 5.74) is 5.96. The van der Waals surface area contributed by atoms with E-state index in [1.807, 2.05) is 11.8 Å². The minimum Gasteiger partial charge on any atom is -0.374 e. The van der Waals surface area contributed by atoms with Crippen LogP contribution < -0.4 is 5.73 Å². The van der Waals surface area contributed by atoms with Crippen molar-refractivity contribution in [3.8, 4) is 0 Å². The summed E-state index contributed by atoms with van der Waals surface area (Å²) in [5, 5.41) is 0. The van der Waals surface area contributed by atoms with Crippen molar-refractivity contribution in [3.05, 3.63) is 0 Å². The maximum Gasteiger partial charge on any atom is 0.0747 e. The first-order valence-electron chi connectivity index (χ1n) is 6.70. The van der Waals surface area contributed by atoms with Crippen molar-refractivity contribution in [3.63, 3.8) is 0 Å². The highest BCUT2D eigenvalue weighted by Crippen LogP contribution is 2.25. The molecule has 3 nitrogen and oxygen atoms in total. The summed E-state index contributed by atoms with van der Waals surface area (Å²) in [6, 6.07) is 0.982. The van der Waals surface area contributed by atoms with Crippen molar-refractivity contribution in [2.45, 2.75) is 57.4 Å². The molecule has 1 fully saturated rings. The highest BCUT2D eigenvalue weighted by Gasteiger charge is 2.33. The molecule has 4 atom stereocenters. The largest absolute Gasteiger partial charge is 0.374 e. The molecule has 102 valence electrons. The van der Waals surface area contributed by atoms with Crippen LogP contribution in [0.15, 0.2) is 0 Å². The van der Waals surface area contributed by atoms with Gasteiger partial charge < -0.3 is 10.5 Å². The number of nitrogens with two attached hydrogens (primary N) is 1. The van der Waals surface area contributed by atoms with Crippen molar-refractivity contribution in [2.24, 2.45) is 5.73 Å². The molecule has 0 saturated carbocycles. The van der Waals surface area contributed by atoms with E-state index < -0.39 is 0 Å². The summed E-state index contributed by atoms with van der Waals surface area (Å²) in [6.07, 6.45) is 6.41. The highest BCUT2D eigenvalue weighted by molar-refractivity contribution is 7.98. The maximum atomic E-state index is 5.98. The van der Waals surface area contributed by atoms with Gasteiger partial charge in [-0.15, -0.1) is 0 Å². The van der Waals surface area contributed by atoms with Gasteiger partial charge in [0, 0.05) is 24.4 Å². The third-order valence-electron chi connectivity index (χ3n) is 3.86. The molecule has 0 radical (unpaired) electrons. The lowest BCUT2D eigenvalue weighted by Crippen LogP contribution is -2.51. The van der Waals surface area contributed by atoms with Gasteiger partial charge in [0.15, 0.2) is 0 Å². The molecular weight excluding hydrogens is 232 g/mol. The molecule has 4 unspecified atom stereocenters. The molecular formula is C13H28N2OS. The van der Waals surface area contributed by atoms with Gasteiger partial charge in [-0.1, -0.05) is 6.92 Å². The van der Waals surface area contributed by atoms with Crippen LogP contribution in [0.1, 0.15) is 33.1 Å². The van der Waals surface area contributed by atoms with E-state index >= 15 is 0 Å². The van der Waals surface area contributed by atoms with Gasteiger partial charge in [-0.05, 0) is 39.5 Å². The zero-order chi connectivity index (χ0) is 12.8. The fraction of sp³-hybridized carbons (Fsp3) is 1.00. The molecule has 0 amide bonds. The Bertz CT molecular complexity index is 216. The first-order chi connectivity index (χ1) is 8.13. The number of nitrogens with zero attached hydrogens (tertiary/aromatic N) is 1. The molecule has 4 heteroatoms. The Hall–Kier alpha value is 0.230. The van der Waals surface area contributed by atoms with Crippen LogP contribution in [0, 0.1) is 0 Å². The van der Waals surface area contributed by atoms with Crippen molar-refractivity contribution in [2.75, 3.05) is 25.6 Å². The molecule has 0 aromatic rings. The van der Waals surface area contributed by atoms with E-state index in [2.05, 4.69) is 32.1 Å². The zero-order valence-electron chi connectivity index (χ0n) is 11.7. The molecule has 0 aliphatic carbocycles. The lowest BCUT2D eigenvalue weighted by atomic mass is 10.0. The predicted octanol–water partition coefficient (Wildman–Crippen LogP) is 1.95. The van der Waals surface area contributed by atoms with Gasteiger partial charge >= 0.3 is 0 Å². The Morgan fingerprint density at radius 2 is 2.18 bits per heavy atom. The van der Waals surface area contributed by atoms with Crippen LogP contribution in [0.5, 0.6) is 0 Å². The van der Waals surface area contributed by atoms with Gasteiger partial charge in [-0.2, -0.15) is 11.8 Å². The second-order valence-corrected chi connectivity index (χ2v) is 5.96. The van der Waals surface area contributed by atoms with E-state index in [9.17, 15) is 0 Å². The van der Waals surface area contributed by atoms with Gasteiger partial charge in [0.05, 0.1) is 12.2 Å². The highest BCUT2D eigenvalue weighted by atomic mass is 32.2. The van der Waals surface area contributed by atoms with Crippen molar-refractivity contribution < 1.29 is 4.74 Å². The monoisotopic (exact) mass is 260 g/mol. The van der Waals surface area contributed by atoms with E-state index in [-0.39, 0.29) is 0 Å². The van der Waals surface area contributed by atoms with E-state index in [4.69, 9.17) is 10.5 Å². The van der Waals surface area contributed by atoms with Crippen LogP contribution >= 0.6 is 11.8 Å². The minimum atomic E-state index is 0.330. The first-order valence-corrected chi connectivity index (χ1v) is 8.09. The molecule has 0 aromatic heterocycles. The second kappa shape index (κ2) is 7.62. The summed E-state index contributed by atoms with van der Waals surface area (Å²) >= 11 is 1.91. The molecule has 1 aliphatic rings. The average molecular weight is 260 g/mol. The molecule has 1 saturated heterocycles. The van der Waals surface area contributed by atoms with E-state index in [1.165, 1.54) is 18.6 Å². The summed E-state index contributed by atoms with van der Waals surface area (Å²) in [5.74, 6) is 1.17. The summed E-state index contributed by atoms with van der Waals surface area (Å²) in [7, 11) is 2.20. The van der Waals surface area contributed by atoms with Crippen LogP contribution in [0.3, 0.4) is 0 Å². The van der Waals surface area contributed by atoms with Gasteiger partial charge in [0.1, 0.15) is 0 Å². The standard InChI is InChI=1S/C13H28N2OS/c1-5-11(9-17-4)15(3)12(8-14)13-7-6-10(2)16-13/h10-13H,5-9,14H2,1-4H3. The molecule has 2 N–H and O–H groups in total. The summed E-state index contributed by atoms with van der Waals surface area (Å²) in [4.78, 5) is 2.44. The van der Waals surface area contributed by atoms with Gasteiger partial charge in [-0.3, -0.25) is 4.90 Å². The SMILES string of the molecule is CCC(CSC)N(C)C(CN)C1CCC(C)O1. The number of hydrogen-bond acceptors (Lipinski definition) is 4. The van der Waals surface area contributed by atoms with Crippen molar-refractivity contribution in [1.82, 2.24) is 4.90 Å². The van der Waals surface area contributed by atoms with Crippen LogP contribution in [0.4, 0.5) is 0 Å². The van der Waals surface area contributed by atoms with E-state index in [0.29, 0.717) is 30.8 Å². The fourth-order valence-electron chi connectivity index (χ4n) is 2.68. The minimum absolute atomic E-state index is 0.330. The Balaban J connectivity index is 2.58. The summed E-state index contributed by atoms with van der Waals surface area (Å²) in [6.45, 7) is 5.11. The molecule has 0 spiro atoms. The van der Waals surface area contributed by atoms with Crippen LogP contribution in [0.25, 0.3) is 0 Å². The number of ether oxygens (including phenoxy) is 1. The molecule has 0 bridgehead atoms. The quantitative estimate of drug-likeness (QED) is 0.759. The zero-order valence-corrected chi connectivity index (χ0v) is 12.5. The number of likely N-dealkylation sites (N-methyl/N-ethyl adjacent to an activating group) is 1. The van der Waals surface area contributed by atoms with Crippen molar-refractivity contribution >= 4 is 11.8 Å². The van der Waals surface area contributed by atoms with Crippen molar-refractivity contribution in [1.29, 1.82) is 0 Å². The Labute approximate surface area is 110 Å². The maximum absolute atomic E-state index is 5.98. The van der Waals surface area contributed by atoms with Gasteiger partial charge in [-0.25, -0.2) is 0 Å². The average Bonchev–Trinajstić information content (AvgIpc) is 2.73. The third-order valence-corrected chi connectivity index (χ3v) is 4.58. The predicted molar refractivity (Wildman–Crippen MR) is 76.6 cm³/mol. The van der Waals surface area contributed by atoms with Crippen LogP contribution in [-0.4, -0.2) is 54.8 Å². The molecule has 1 heterocycles. The normalized spacial score (nSPS) is 28.6. The summed E-state index contributed by atoms with van der Waals surface area (Å²) < 4.78 is 5.98. The number of rotatable bonds is 7. The molecule has 17 heavy (non-hydrogen) atoms. The van der Waals surface area contributed by atoms with Crippen LogP contribution in [-0.2, 0) is 4.74 Å². The lowest BCUT2D eigenvalue weighted by Gasteiger charge is -2.37. The van der Waals surface area contributed by atoms with Gasteiger partial charge in [0.25, 0.3) is 0 Å². The molecule has 1 rings (SSSR count). The molecule has 1 aliphatic heterocycles. The Morgan fingerprint density at radius 1 is 1.47 bits per heavy atom. The Kier molecular flexibility index (Phi) is 6.85. The Morgan fingerprint density at radius 3 is 2.59 bits per heavy atom. The smallest absolute Gasteiger partial charge is 0.0747 e. The number of thioether (sulfide) groups is 1. The fourth-order valence-corrected chi connectivity index (χ4v) is 3.54. The lowest BCUT2D eigenvalue weighted by molar-refractivity contribution is -0.00643. The third kappa shape index (κ3) is 4.12. The van der Waals surface area contributed by atoms with E-state index in [1.54, 1.807) is 0 Å². The van der Waals surface area contributed by atoms with Crippen LogP contribution in [0.2, 0.25) is 0 Å². The second-order valence-electron chi connectivity index (χ2n) is 5.05. The van der Waals surface area contributed by atoms with Gasteiger partial charge in [0.2, 0.25) is 0 Å².